The number of nitrogens with zero attached hydrogens (tertiary/aromatic N) is 4. The van der Waals surface area contributed by atoms with Gasteiger partial charge in [0.25, 0.3) is 0 Å². The van der Waals surface area contributed by atoms with E-state index in [1.54, 1.807) is 11.3 Å². The molecule has 0 N–H and O–H groups in total. The first-order chi connectivity index (χ1) is 11.7. The molecule has 1 atom stereocenters. The van der Waals surface area contributed by atoms with Crippen molar-refractivity contribution in [2.24, 2.45) is 0 Å². The fraction of sp³-hybridized carbons (Fsp3) is 0.389. The fourth-order valence-corrected chi connectivity index (χ4v) is 3.96. The van der Waals surface area contributed by atoms with Gasteiger partial charge in [-0.25, -0.2) is 4.98 Å². The second kappa shape index (κ2) is 6.45. The summed E-state index contributed by atoms with van der Waals surface area (Å²) in [5.74, 6) is 1.32. The molecule has 0 saturated heterocycles. The highest BCUT2D eigenvalue weighted by molar-refractivity contribution is 7.09. The van der Waals surface area contributed by atoms with E-state index in [1.807, 2.05) is 6.92 Å². The average molecular weight is 340 g/mol. The van der Waals surface area contributed by atoms with Crippen molar-refractivity contribution in [3.8, 4) is 0 Å². The Kier molecular flexibility index (Phi) is 4.16. The quantitative estimate of drug-likeness (QED) is 0.725. The van der Waals surface area contributed by atoms with E-state index >= 15 is 0 Å². The number of aromatic nitrogens is 3. The van der Waals surface area contributed by atoms with E-state index in [9.17, 15) is 0 Å². The van der Waals surface area contributed by atoms with Gasteiger partial charge in [-0.2, -0.15) is 0 Å². The zero-order valence-electron chi connectivity index (χ0n) is 13.9. The molecule has 0 amide bonds. The molecule has 0 radical (unpaired) electrons. The molecule has 6 heteroatoms. The van der Waals surface area contributed by atoms with Gasteiger partial charge in [0.2, 0.25) is 11.8 Å². The number of thiazole rings is 1. The molecule has 0 unspecified atom stereocenters. The van der Waals surface area contributed by atoms with Crippen molar-refractivity contribution >= 4 is 11.3 Å². The summed E-state index contributed by atoms with van der Waals surface area (Å²) in [6.07, 6.45) is 1.88. The Morgan fingerprint density at radius 3 is 2.79 bits per heavy atom. The van der Waals surface area contributed by atoms with Gasteiger partial charge in [-0.05, 0) is 24.0 Å². The van der Waals surface area contributed by atoms with Gasteiger partial charge < -0.3 is 4.42 Å². The van der Waals surface area contributed by atoms with Crippen molar-refractivity contribution in [2.45, 2.75) is 45.8 Å². The molecule has 2 aromatic heterocycles. The molecule has 5 nitrogen and oxygen atoms in total. The van der Waals surface area contributed by atoms with Crippen molar-refractivity contribution in [1.82, 2.24) is 20.1 Å². The van der Waals surface area contributed by atoms with Crippen LogP contribution in [0.1, 0.15) is 46.6 Å². The van der Waals surface area contributed by atoms with E-state index in [0.717, 1.165) is 31.6 Å². The number of benzene rings is 1. The number of aryl methyl sites for hydroxylation is 2. The zero-order chi connectivity index (χ0) is 16.5. The highest BCUT2D eigenvalue weighted by atomic mass is 32.1. The summed E-state index contributed by atoms with van der Waals surface area (Å²) in [4.78, 5) is 7.11. The predicted octanol–water partition coefficient (Wildman–Crippen LogP) is 3.70. The van der Waals surface area contributed by atoms with E-state index in [0.29, 0.717) is 11.8 Å². The minimum Gasteiger partial charge on any atom is -0.424 e. The SMILES string of the molecule is CCc1nc(CN2Cc3ccccc3C[C@@H]2c2nnc(C)o2)cs1. The normalized spacial score (nSPS) is 17.8. The molecule has 24 heavy (non-hydrogen) atoms. The first-order valence-electron chi connectivity index (χ1n) is 8.27. The van der Waals surface area contributed by atoms with Crippen LogP contribution in [0.15, 0.2) is 34.1 Å². The van der Waals surface area contributed by atoms with E-state index in [1.165, 1.54) is 16.1 Å². The first-order valence-corrected chi connectivity index (χ1v) is 9.15. The van der Waals surface area contributed by atoms with Gasteiger partial charge in [-0.3, -0.25) is 4.90 Å². The number of fused-ring (bicyclic) bond motifs is 1. The summed E-state index contributed by atoms with van der Waals surface area (Å²) in [6, 6.07) is 8.70. The third-order valence-electron chi connectivity index (χ3n) is 4.44. The Morgan fingerprint density at radius 2 is 2.08 bits per heavy atom. The minimum atomic E-state index is 0.105. The van der Waals surface area contributed by atoms with E-state index in [2.05, 4.69) is 51.7 Å². The topological polar surface area (TPSA) is 55.1 Å². The van der Waals surface area contributed by atoms with Crippen molar-refractivity contribution in [3.63, 3.8) is 0 Å². The zero-order valence-corrected chi connectivity index (χ0v) is 14.7. The van der Waals surface area contributed by atoms with Crippen LogP contribution in [0.3, 0.4) is 0 Å². The van der Waals surface area contributed by atoms with Crippen LogP contribution in [0, 0.1) is 6.92 Å². The lowest BCUT2D eigenvalue weighted by Crippen LogP contribution is -2.34. The van der Waals surface area contributed by atoms with Crippen LogP contribution in [-0.4, -0.2) is 20.1 Å². The lowest BCUT2D eigenvalue weighted by Gasteiger charge is -2.34. The second-order valence-electron chi connectivity index (χ2n) is 6.14. The van der Waals surface area contributed by atoms with Crippen LogP contribution >= 0.6 is 11.3 Å². The molecule has 1 aromatic carbocycles. The maximum atomic E-state index is 5.75. The summed E-state index contributed by atoms with van der Waals surface area (Å²) < 4.78 is 5.75. The summed E-state index contributed by atoms with van der Waals surface area (Å²) in [5.41, 5.74) is 3.86. The van der Waals surface area contributed by atoms with E-state index in [4.69, 9.17) is 9.40 Å². The summed E-state index contributed by atoms with van der Waals surface area (Å²) in [5, 5.41) is 11.6. The molecule has 0 bridgehead atoms. The van der Waals surface area contributed by atoms with Crippen LogP contribution in [-0.2, 0) is 25.9 Å². The Hall–Kier alpha value is -2.05. The predicted molar refractivity (Wildman–Crippen MR) is 92.7 cm³/mol. The molecule has 3 heterocycles. The van der Waals surface area contributed by atoms with Crippen molar-refractivity contribution in [3.05, 3.63) is 63.3 Å². The van der Waals surface area contributed by atoms with Gasteiger partial charge in [0.05, 0.1) is 16.7 Å². The van der Waals surface area contributed by atoms with E-state index < -0.39 is 0 Å². The molecule has 1 aliphatic heterocycles. The average Bonchev–Trinajstić information content (AvgIpc) is 3.23. The van der Waals surface area contributed by atoms with Crippen LogP contribution in [0.4, 0.5) is 0 Å². The third-order valence-corrected chi connectivity index (χ3v) is 5.48. The Labute approximate surface area is 145 Å². The molecule has 0 aliphatic carbocycles. The Balaban J connectivity index is 1.65. The number of hydrogen-bond donors (Lipinski definition) is 0. The van der Waals surface area contributed by atoms with Crippen molar-refractivity contribution in [2.75, 3.05) is 0 Å². The molecule has 4 rings (SSSR count). The summed E-state index contributed by atoms with van der Waals surface area (Å²) in [7, 11) is 0. The van der Waals surface area contributed by atoms with Crippen molar-refractivity contribution < 1.29 is 4.42 Å². The van der Waals surface area contributed by atoms with Gasteiger partial charge in [0.1, 0.15) is 0 Å². The van der Waals surface area contributed by atoms with Gasteiger partial charge in [-0.1, -0.05) is 31.2 Å². The third kappa shape index (κ3) is 2.99. The molecular formula is C18H20N4OS. The van der Waals surface area contributed by atoms with Crippen LogP contribution in [0.5, 0.6) is 0 Å². The molecular weight excluding hydrogens is 320 g/mol. The van der Waals surface area contributed by atoms with Crippen LogP contribution in [0.2, 0.25) is 0 Å². The monoisotopic (exact) mass is 340 g/mol. The largest absolute Gasteiger partial charge is 0.424 e. The maximum Gasteiger partial charge on any atom is 0.233 e. The van der Waals surface area contributed by atoms with Gasteiger partial charge in [-0.15, -0.1) is 21.5 Å². The Bertz CT molecular complexity index is 841. The summed E-state index contributed by atoms with van der Waals surface area (Å²) in [6.45, 7) is 5.66. The molecule has 0 spiro atoms. The smallest absolute Gasteiger partial charge is 0.233 e. The lowest BCUT2D eigenvalue weighted by molar-refractivity contribution is 0.136. The van der Waals surface area contributed by atoms with Gasteiger partial charge >= 0.3 is 0 Å². The fourth-order valence-electron chi connectivity index (χ4n) is 3.23. The molecule has 1 aliphatic rings. The highest BCUT2D eigenvalue weighted by Gasteiger charge is 2.31. The van der Waals surface area contributed by atoms with Crippen LogP contribution in [0.25, 0.3) is 0 Å². The number of rotatable bonds is 4. The highest BCUT2D eigenvalue weighted by Crippen LogP contribution is 2.33. The van der Waals surface area contributed by atoms with Gasteiger partial charge in [0.15, 0.2) is 0 Å². The van der Waals surface area contributed by atoms with E-state index in [-0.39, 0.29) is 6.04 Å². The standard InChI is InChI=1S/C18H20N4OS/c1-3-17-19-15(11-24-17)10-22-9-14-7-5-4-6-13(14)8-16(22)18-21-20-12(2)23-18/h4-7,11,16H,3,8-10H2,1-2H3/t16-/m1/s1. The molecule has 0 fully saturated rings. The lowest BCUT2D eigenvalue weighted by atomic mass is 9.94. The first kappa shape index (κ1) is 15.5. The van der Waals surface area contributed by atoms with Crippen LogP contribution < -0.4 is 0 Å². The number of hydrogen-bond acceptors (Lipinski definition) is 6. The molecule has 0 saturated carbocycles. The maximum absolute atomic E-state index is 5.75. The minimum absolute atomic E-state index is 0.105. The molecule has 3 aromatic rings. The van der Waals surface area contributed by atoms with Crippen molar-refractivity contribution in [1.29, 1.82) is 0 Å². The molecule has 124 valence electrons. The second-order valence-corrected chi connectivity index (χ2v) is 7.08. The summed E-state index contributed by atoms with van der Waals surface area (Å²) >= 11 is 1.74. The Morgan fingerprint density at radius 1 is 1.25 bits per heavy atom. The van der Waals surface area contributed by atoms with Gasteiger partial charge in [0, 0.05) is 25.4 Å².